The van der Waals surface area contributed by atoms with Crippen molar-refractivity contribution in [2.75, 3.05) is 13.2 Å². The lowest BCUT2D eigenvalue weighted by Gasteiger charge is -2.21. The van der Waals surface area contributed by atoms with E-state index in [2.05, 4.69) is 6.58 Å². The minimum absolute atomic E-state index is 0.00523. The van der Waals surface area contributed by atoms with Crippen LogP contribution in [-0.2, 0) is 0 Å². The fourth-order valence-corrected chi connectivity index (χ4v) is 0.845. The Labute approximate surface area is 76.6 Å². The molecule has 0 aliphatic carbocycles. The number of hydrogen-bond donors (Lipinski definition) is 5. The largest absolute Gasteiger partial charge is 0.394 e. The SMILES string of the molecule is C=C(CO)C[C@@H](O)[C@H](O)[C@H](O)CO. The summed E-state index contributed by atoms with van der Waals surface area (Å²) >= 11 is 0. The predicted molar refractivity (Wildman–Crippen MR) is 45.9 cm³/mol. The first-order chi connectivity index (χ1) is 6.02. The average molecular weight is 192 g/mol. The van der Waals surface area contributed by atoms with Crippen molar-refractivity contribution in [3.63, 3.8) is 0 Å². The Morgan fingerprint density at radius 3 is 2.00 bits per heavy atom. The van der Waals surface area contributed by atoms with Gasteiger partial charge in [0.05, 0.1) is 19.3 Å². The van der Waals surface area contributed by atoms with E-state index in [-0.39, 0.29) is 13.0 Å². The average Bonchev–Trinajstić information content (AvgIpc) is 2.14. The van der Waals surface area contributed by atoms with Gasteiger partial charge < -0.3 is 25.5 Å². The van der Waals surface area contributed by atoms with Crippen LogP contribution in [0.3, 0.4) is 0 Å². The van der Waals surface area contributed by atoms with Crippen LogP contribution in [0.5, 0.6) is 0 Å². The normalized spacial score (nSPS) is 17.9. The van der Waals surface area contributed by atoms with E-state index in [1.807, 2.05) is 0 Å². The van der Waals surface area contributed by atoms with Crippen molar-refractivity contribution < 1.29 is 25.5 Å². The summed E-state index contributed by atoms with van der Waals surface area (Å²) in [5.41, 5.74) is 0.358. The van der Waals surface area contributed by atoms with E-state index in [9.17, 15) is 5.11 Å². The van der Waals surface area contributed by atoms with E-state index in [0.29, 0.717) is 5.57 Å². The number of rotatable bonds is 6. The molecule has 0 aromatic carbocycles. The monoisotopic (exact) mass is 192 g/mol. The molecule has 0 aliphatic heterocycles. The molecule has 0 saturated heterocycles. The third kappa shape index (κ3) is 4.35. The van der Waals surface area contributed by atoms with Gasteiger partial charge in [0.2, 0.25) is 0 Å². The first kappa shape index (κ1) is 12.5. The molecule has 0 heterocycles. The Bertz CT molecular complexity index is 159. The molecule has 5 heteroatoms. The summed E-state index contributed by atoms with van der Waals surface area (Å²) in [6.07, 6.45) is -4.02. The third-order valence-electron chi connectivity index (χ3n) is 1.70. The van der Waals surface area contributed by atoms with Gasteiger partial charge in [0.1, 0.15) is 12.2 Å². The highest BCUT2D eigenvalue weighted by Gasteiger charge is 2.24. The summed E-state index contributed by atoms with van der Waals surface area (Å²) in [6.45, 7) is 2.52. The Morgan fingerprint density at radius 2 is 1.62 bits per heavy atom. The summed E-state index contributed by atoms with van der Waals surface area (Å²) in [7, 11) is 0. The van der Waals surface area contributed by atoms with E-state index >= 15 is 0 Å². The lowest BCUT2D eigenvalue weighted by Crippen LogP contribution is -2.39. The second kappa shape index (κ2) is 6.06. The molecule has 0 spiro atoms. The molecular weight excluding hydrogens is 176 g/mol. The van der Waals surface area contributed by atoms with Crippen LogP contribution in [-0.4, -0.2) is 57.1 Å². The maximum atomic E-state index is 9.23. The highest BCUT2D eigenvalue weighted by molar-refractivity contribution is 4.97. The highest BCUT2D eigenvalue weighted by Crippen LogP contribution is 2.09. The molecule has 0 aromatic heterocycles. The van der Waals surface area contributed by atoms with Crippen LogP contribution < -0.4 is 0 Å². The topological polar surface area (TPSA) is 101 Å². The van der Waals surface area contributed by atoms with Crippen LogP contribution in [0.2, 0.25) is 0 Å². The molecule has 5 N–H and O–H groups in total. The van der Waals surface area contributed by atoms with Crippen molar-refractivity contribution in [2.45, 2.75) is 24.7 Å². The van der Waals surface area contributed by atoms with Gasteiger partial charge in [0, 0.05) is 0 Å². The molecule has 0 aliphatic rings. The van der Waals surface area contributed by atoms with E-state index in [1.165, 1.54) is 0 Å². The third-order valence-corrected chi connectivity index (χ3v) is 1.70. The molecule has 0 unspecified atom stereocenters. The van der Waals surface area contributed by atoms with Gasteiger partial charge >= 0.3 is 0 Å². The standard InChI is InChI=1S/C8H16O5/c1-5(3-9)2-6(11)8(13)7(12)4-10/h6-13H,1-4H2/t6-,7-,8+/m1/s1. The molecule has 5 nitrogen and oxygen atoms in total. The summed E-state index contributed by atoms with van der Waals surface area (Å²) in [4.78, 5) is 0. The minimum Gasteiger partial charge on any atom is -0.394 e. The smallest absolute Gasteiger partial charge is 0.108 e. The van der Waals surface area contributed by atoms with E-state index < -0.39 is 24.9 Å². The van der Waals surface area contributed by atoms with Crippen molar-refractivity contribution in [1.82, 2.24) is 0 Å². The van der Waals surface area contributed by atoms with Crippen LogP contribution in [0.25, 0.3) is 0 Å². The van der Waals surface area contributed by atoms with Gasteiger partial charge in [-0.1, -0.05) is 6.58 Å². The first-order valence-corrected chi connectivity index (χ1v) is 3.95. The maximum absolute atomic E-state index is 9.23. The summed E-state index contributed by atoms with van der Waals surface area (Å²) in [5.74, 6) is 0. The van der Waals surface area contributed by atoms with Gasteiger partial charge in [-0.25, -0.2) is 0 Å². The molecule has 13 heavy (non-hydrogen) atoms. The Kier molecular flexibility index (Phi) is 5.85. The number of aliphatic hydroxyl groups is 5. The molecule has 0 aromatic rings. The highest BCUT2D eigenvalue weighted by atomic mass is 16.4. The molecule has 0 fully saturated rings. The quantitative estimate of drug-likeness (QED) is 0.313. The Balaban J connectivity index is 3.95. The molecule has 0 radical (unpaired) electrons. The predicted octanol–water partition coefficient (Wildman–Crippen LogP) is -2.00. The van der Waals surface area contributed by atoms with Crippen LogP contribution >= 0.6 is 0 Å². The number of aliphatic hydroxyl groups excluding tert-OH is 5. The van der Waals surface area contributed by atoms with E-state index in [1.54, 1.807) is 0 Å². The van der Waals surface area contributed by atoms with Crippen molar-refractivity contribution in [3.05, 3.63) is 12.2 Å². The Morgan fingerprint density at radius 1 is 1.08 bits per heavy atom. The van der Waals surface area contributed by atoms with Crippen molar-refractivity contribution in [2.24, 2.45) is 0 Å². The fourth-order valence-electron chi connectivity index (χ4n) is 0.845. The molecular formula is C8H16O5. The van der Waals surface area contributed by atoms with Crippen LogP contribution in [0.4, 0.5) is 0 Å². The van der Waals surface area contributed by atoms with Gasteiger partial charge in [-0.15, -0.1) is 0 Å². The number of hydrogen-bond acceptors (Lipinski definition) is 5. The zero-order chi connectivity index (χ0) is 10.4. The van der Waals surface area contributed by atoms with E-state index in [0.717, 1.165) is 0 Å². The van der Waals surface area contributed by atoms with Crippen molar-refractivity contribution >= 4 is 0 Å². The molecule has 0 saturated carbocycles. The lowest BCUT2D eigenvalue weighted by molar-refractivity contribution is -0.0759. The molecule has 0 bridgehead atoms. The summed E-state index contributed by atoms with van der Waals surface area (Å²) in [6, 6.07) is 0. The molecule has 0 rings (SSSR count). The van der Waals surface area contributed by atoms with Gasteiger partial charge in [-0.05, 0) is 12.0 Å². The van der Waals surface area contributed by atoms with Crippen LogP contribution in [0, 0.1) is 0 Å². The summed E-state index contributed by atoms with van der Waals surface area (Å²) in [5, 5.41) is 44.3. The Hall–Kier alpha value is -0.460. The molecule has 78 valence electrons. The molecule has 3 atom stereocenters. The van der Waals surface area contributed by atoms with E-state index in [4.69, 9.17) is 20.4 Å². The second-order valence-corrected chi connectivity index (χ2v) is 2.92. The van der Waals surface area contributed by atoms with Crippen molar-refractivity contribution in [1.29, 1.82) is 0 Å². The second-order valence-electron chi connectivity index (χ2n) is 2.92. The van der Waals surface area contributed by atoms with Gasteiger partial charge in [0.15, 0.2) is 0 Å². The lowest BCUT2D eigenvalue weighted by atomic mass is 10.0. The van der Waals surface area contributed by atoms with Gasteiger partial charge in [-0.2, -0.15) is 0 Å². The summed E-state index contributed by atoms with van der Waals surface area (Å²) < 4.78 is 0. The zero-order valence-electron chi connectivity index (χ0n) is 7.30. The van der Waals surface area contributed by atoms with Gasteiger partial charge in [-0.3, -0.25) is 0 Å². The van der Waals surface area contributed by atoms with Gasteiger partial charge in [0.25, 0.3) is 0 Å². The zero-order valence-corrected chi connectivity index (χ0v) is 7.30. The molecule has 0 amide bonds. The van der Waals surface area contributed by atoms with Crippen molar-refractivity contribution in [3.8, 4) is 0 Å². The van der Waals surface area contributed by atoms with Crippen LogP contribution in [0.1, 0.15) is 6.42 Å². The first-order valence-electron chi connectivity index (χ1n) is 3.95. The minimum atomic E-state index is -1.42. The fraction of sp³-hybridized carbons (Fsp3) is 0.750. The van der Waals surface area contributed by atoms with Crippen LogP contribution in [0.15, 0.2) is 12.2 Å². The maximum Gasteiger partial charge on any atom is 0.108 e.